The molecule has 0 bridgehead atoms. The van der Waals surface area contributed by atoms with Gasteiger partial charge in [-0.1, -0.05) is 36.9 Å². The molecule has 2 heterocycles. The lowest BCUT2D eigenvalue weighted by Gasteiger charge is -2.40. The summed E-state index contributed by atoms with van der Waals surface area (Å²) in [7, 11) is 0. The molecule has 28 heavy (non-hydrogen) atoms. The van der Waals surface area contributed by atoms with E-state index in [1.165, 1.54) is 17.3 Å². The van der Waals surface area contributed by atoms with Gasteiger partial charge in [-0.25, -0.2) is 0 Å². The highest BCUT2D eigenvalue weighted by molar-refractivity contribution is 7.99. The van der Waals surface area contributed by atoms with Gasteiger partial charge < -0.3 is 10.1 Å². The first kappa shape index (κ1) is 20.8. The van der Waals surface area contributed by atoms with Gasteiger partial charge in [0.25, 0.3) is 0 Å². The van der Waals surface area contributed by atoms with Crippen molar-refractivity contribution >= 4 is 17.7 Å². The van der Waals surface area contributed by atoms with Crippen molar-refractivity contribution in [3.63, 3.8) is 0 Å². The lowest BCUT2D eigenvalue weighted by atomic mass is 10.0. The molecule has 1 aromatic heterocycles. The topological polar surface area (TPSA) is 72.3 Å². The maximum Gasteiger partial charge on any atom is 0.230 e. The zero-order valence-corrected chi connectivity index (χ0v) is 17.7. The summed E-state index contributed by atoms with van der Waals surface area (Å²) in [6.07, 6.45) is 2.63. The molecule has 0 saturated carbocycles. The van der Waals surface area contributed by atoms with Gasteiger partial charge in [0.2, 0.25) is 5.91 Å². The van der Waals surface area contributed by atoms with Crippen LogP contribution in [0.15, 0.2) is 35.7 Å². The molecular formula is C20H29N5O2S. The van der Waals surface area contributed by atoms with Gasteiger partial charge in [0.15, 0.2) is 5.16 Å². The quantitative estimate of drug-likeness (QED) is 0.681. The molecule has 152 valence electrons. The fourth-order valence-electron chi connectivity index (χ4n) is 3.31. The molecule has 1 aliphatic rings. The summed E-state index contributed by atoms with van der Waals surface area (Å²) in [5.41, 5.74) is 2.19. The summed E-state index contributed by atoms with van der Waals surface area (Å²) in [5, 5.41) is 12.0. The number of nitrogens with one attached hydrogen (secondary N) is 1. The van der Waals surface area contributed by atoms with E-state index in [0.29, 0.717) is 12.3 Å². The van der Waals surface area contributed by atoms with Crippen molar-refractivity contribution in [3.8, 4) is 5.69 Å². The van der Waals surface area contributed by atoms with Crippen molar-refractivity contribution in [2.24, 2.45) is 0 Å². The molecule has 0 aliphatic carbocycles. The number of aromatic nitrogens is 3. The molecule has 2 aromatic rings. The van der Waals surface area contributed by atoms with E-state index in [-0.39, 0.29) is 11.4 Å². The molecule has 0 spiro atoms. The molecule has 1 amide bonds. The summed E-state index contributed by atoms with van der Waals surface area (Å²) in [4.78, 5) is 14.8. The monoisotopic (exact) mass is 403 g/mol. The Bertz CT molecular complexity index is 786. The third-order valence-corrected chi connectivity index (χ3v) is 6.01. The first-order valence-corrected chi connectivity index (χ1v) is 10.7. The molecule has 1 aliphatic heterocycles. The molecule has 1 saturated heterocycles. The molecular weight excluding hydrogens is 374 g/mol. The van der Waals surface area contributed by atoms with Gasteiger partial charge in [0.1, 0.15) is 6.33 Å². The molecule has 1 fully saturated rings. The zero-order valence-electron chi connectivity index (χ0n) is 16.9. The highest BCUT2D eigenvalue weighted by Crippen LogP contribution is 2.22. The van der Waals surface area contributed by atoms with E-state index in [1.54, 1.807) is 6.33 Å². The van der Waals surface area contributed by atoms with Gasteiger partial charge in [-0.15, -0.1) is 10.2 Å². The second-order valence-electron chi connectivity index (χ2n) is 7.44. The van der Waals surface area contributed by atoms with Gasteiger partial charge >= 0.3 is 0 Å². The van der Waals surface area contributed by atoms with Crippen LogP contribution in [0.25, 0.3) is 5.69 Å². The first-order chi connectivity index (χ1) is 13.5. The fraction of sp³-hybridized carbons (Fsp3) is 0.550. The van der Waals surface area contributed by atoms with E-state index in [1.807, 2.05) is 16.7 Å². The summed E-state index contributed by atoms with van der Waals surface area (Å²) >= 11 is 1.41. The number of nitrogens with zero attached hydrogens (tertiary/aromatic N) is 4. The largest absolute Gasteiger partial charge is 0.379 e. The second-order valence-corrected chi connectivity index (χ2v) is 8.39. The first-order valence-electron chi connectivity index (χ1n) is 9.72. The Morgan fingerprint density at radius 1 is 1.29 bits per heavy atom. The van der Waals surface area contributed by atoms with Gasteiger partial charge in [-0.3, -0.25) is 14.3 Å². The van der Waals surface area contributed by atoms with Crippen LogP contribution in [0.5, 0.6) is 0 Å². The van der Waals surface area contributed by atoms with Crippen LogP contribution in [-0.2, 0) is 16.0 Å². The van der Waals surface area contributed by atoms with Gasteiger partial charge in [0.05, 0.1) is 24.7 Å². The van der Waals surface area contributed by atoms with Crippen molar-refractivity contribution in [1.29, 1.82) is 0 Å². The van der Waals surface area contributed by atoms with Crippen LogP contribution in [0, 0.1) is 0 Å². The predicted molar refractivity (Wildman–Crippen MR) is 111 cm³/mol. The van der Waals surface area contributed by atoms with Crippen LogP contribution in [0.2, 0.25) is 0 Å². The highest BCUT2D eigenvalue weighted by atomic mass is 32.2. The SMILES string of the molecule is CCc1ccccc1-n1cnnc1SCC(=O)NCC(C)(C)N1CCOCC1. The van der Waals surface area contributed by atoms with Gasteiger partial charge in [0, 0.05) is 25.2 Å². The van der Waals surface area contributed by atoms with Crippen molar-refractivity contribution < 1.29 is 9.53 Å². The maximum absolute atomic E-state index is 12.4. The predicted octanol–water partition coefficient (Wildman–Crippen LogP) is 2.15. The Balaban J connectivity index is 1.55. The minimum absolute atomic E-state index is 0.00432. The number of carbonyl (C=O) groups excluding carboxylic acids is 1. The third kappa shape index (κ3) is 5.12. The standard InChI is InChI=1S/C20H29N5O2S/c1-4-16-7-5-6-8-17(16)25-15-22-23-19(25)28-13-18(26)21-14-20(2,3)24-9-11-27-12-10-24/h5-8,15H,4,9-14H2,1-3H3,(H,21,26). The van der Waals surface area contributed by atoms with Crippen LogP contribution in [0.4, 0.5) is 0 Å². The number of rotatable bonds is 8. The summed E-state index contributed by atoms with van der Waals surface area (Å²) in [6.45, 7) is 10.4. The number of hydrogen-bond acceptors (Lipinski definition) is 6. The molecule has 1 aromatic carbocycles. The van der Waals surface area contributed by atoms with Crippen LogP contribution in [-0.4, -0.2) is 69.7 Å². The van der Waals surface area contributed by atoms with Crippen LogP contribution >= 0.6 is 11.8 Å². The minimum atomic E-state index is -0.0931. The third-order valence-electron chi connectivity index (χ3n) is 5.07. The smallest absolute Gasteiger partial charge is 0.230 e. The lowest BCUT2D eigenvalue weighted by Crippen LogP contribution is -2.55. The Hall–Kier alpha value is -1.90. The number of aryl methyl sites for hydroxylation is 1. The molecule has 0 radical (unpaired) electrons. The summed E-state index contributed by atoms with van der Waals surface area (Å²) in [6, 6.07) is 8.19. The van der Waals surface area contributed by atoms with Crippen molar-refractivity contribution in [1.82, 2.24) is 25.0 Å². The number of thioether (sulfide) groups is 1. The Kier molecular flexibility index (Phi) is 7.09. The van der Waals surface area contributed by atoms with Crippen LogP contribution in [0.1, 0.15) is 26.3 Å². The molecule has 0 unspecified atom stereocenters. The Morgan fingerprint density at radius 3 is 2.79 bits per heavy atom. The summed E-state index contributed by atoms with van der Waals surface area (Å²) in [5.74, 6) is 0.316. The number of morpholine rings is 1. The van der Waals surface area contributed by atoms with E-state index in [2.05, 4.69) is 53.3 Å². The Morgan fingerprint density at radius 2 is 2.04 bits per heavy atom. The van der Waals surface area contributed by atoms with Crippen molar-refractivity contribution in [2.45, 2.75) is 37.9 Å². The van der Waals surface area contributed by atoms with E-state index in [4.69, 9.17) is 4.74 Å². The van der Waals surface area contributed by atoms with Crippen LogP contribution in [0.3, 0.4) is 0 Å². The number of carbonyl (C=O) groups is 1. The van der Waals surface area contributed by atoms with Crippen molar-refractivity contribution in [2.75, 3.05) is 38.6 Å². The van der Waals surface area contributed by atoms with E-state index in [0.717, 1.165) is 43.6 Å². The molecule has 7 nitrogen and oxygen atoms in total. The fourth-order valence-corrected chi connectivity index (χ4v) is 4.06. The Labute approximate surface area is 170 Å². The average molecular weight is 404 g/mol. The maximum atomic E-state index is 12.4. The molecule has 8 heteroatoms. The number of hydrogen-bond donors (Lipinski definition) is 1. The van der Waals surface area contributed by atoms with Gasteiger partial charge in [-0.2, -0.15) is 0 Å². The summed E-state index contributed by atoms with van der Waals surface area (Å²) < 4.78 is 7.37. The number of para-hydroxylation sites is 1. The number of ether oxygens (including phenoxy) is 1. The molecule has 0 atom stereocenters. The number of benzene rings is 1. The van der Waals surface area contributed by atoms with Crippen LogP contribution < -0.4 is 5.32 Å². The second kappa shape index (κ2) is 9.54. The zero-order chi connectivity index (χ0) is 20.0. The highest BCUT2D eigenvalue weighted by Gasteiger charge is 2.28. The van der Waals surface area contributed by atoms with E-state index in [9.17, 15) is 4.79 Å². The molecule has 1 N–H and O–H groups in total. The lowest BCUT2D eigenvalue weighted by molar-refractivity contribution is -0.119. The van der Waals surface area contributed by atoms with Gasteiger partial charge in [-0.05, 0) is 31.9 Å². The normalized spacial score (nSPS) is 15.5. The minimum Gasteiger partial charge on any atom is -0.379 e. The molecule has 3 rings (SSSR count). The average Bonchev–Trinajstić information content (AvgIpc) is 3.20. The number of amides is 1. The van der Waals surface area contributed by atoms with Crippen molar-refractivity contribution in [3.05, 3.63) is 36.2 Å². The van der Waals surface area contributed by atoms with E-state index < -0.39 is 0 Å². The van der Waals surface area contributed by atoms with E-state index >= 15 is 0 Å².